The highest BCUT2D eigenvalue weighted by Gasteiger charge is 2.45. The van der Waals surface area contributed by atoms with Gasteiger partial charge >= 0.3 is 0 Å². The summed E-state index contributed by atoms with van der Waals surface area (Å²) in [6.45, 7) is 0.171. The summed E-state index contributed by atoms with van der Waals surface area (Å²) in [6, 6.07) is 0. The zero-order valence-corrected chi connectivity index (χ0v) is 12.5. The van der Waals surface area contributed by atoms with Crippen molar-refractivity contribution in [2.45, 2.75) is 6.42 Å². The average Bonchev–Trinajstić information content (AvgIpc) is 2.81. The fourth-order valence-corrected chi connectivity index (χ4v) is 3.73. The zero-order chi connectivity index (χ0) is 14.3. The first kappa shape index (κ1) is 15.0. The van der Waals surface area contributed by atoms with Crippen molar-refractivity contribution in [1.82, 2.24) is 0 Å². The van der Waals surface area contributed by atoms with E-state index in [4.69, 9.17) is 8.37 Å². The van der Waals surface area contributed by atoms with Gasteiger partial charge in [0.15, 0.2) is 0 Å². The SMILES string of the molecule is CS(=O)(=O)OC[C@@H]1[C@H](COS(C)(=O)=O)[C@@H]2C=C[C@H]1C2. The highest BCUT2D eigenvalue weighted by Crippen LogP contribution is 2.48. The van der Waals surface area contributed by atoms with Gasteiger partial charge in [0.1, 0.15) is 0 Å². The van der Waals surface area contributed by atoms with Gasteiger partial charge in [0.2, 0.25) is 0 Å². The fourth-order valence-electron chi connectivity index (χ4n) is 2.93. The van der Waals surface area contributed by atoms with E-state index in [1.165, 1.54) is 0 Å². The predicted molar refractivity (Wildman–Crippen MR) is 69.3 cm³/mol. The highest BCUT2D eigenvalue weighted by atomic mass is 32.2. The Bertz CT molecular complexity index is 512. The minimum Gasteiger partial charge on any atom is -0.270 e. The molecule has 0 aromatic heterocycles. The molecule has 1 fully saturated rings. The quantitative estimate of drug-likeness (QED) is 0.520. The molecule has 1 saturated carbocycles. The van der Waals surface area contributed by atoms with Gasteiger partial charge in [-0.05, 0) is 30.1 Å². The van der Waals surface area contributed by atoms with Crippen molar-refractivity contribution in [2.24, 2.45) is 23.7 Å². The molecule has 0 aliphatic heterocycles. The molecular formula is C11H18O6S2. The van der Waals surface area contributed by atoms with E-state index in [9.17, 15) is 16.8 Å². The van der Waals surface area contributed by atoms with Crippen LogP contribution in [0.2, 0.25) is 0 Å². The van der Waals surface area contributed by atoms with Crippen LogP contribution in [0.25, 0.3) is 0 Å². The normalized spacial score (nSPS) is 34.0. The Kier molecular flexibility index (Phi) is 4.06. The summed E-state index contributed by atoms with van der Waals surface area (Å²) < 4.78 is 53.9. The van der Waals surface area contributed by atoms with Crippen LogP contribution in [0.15, 0.2) is 12.2 Å². The van der Waals surface area contributed by atoms with Gasteiger partial charge in [-0.1, -0.05) is 12.2 Å². The lowest BCUT2D eigenvalue weighted by atomic mass is 9.84. The maximum Gasteiger partial charge on any atom is 0.264 e. The van der Waals surface area contributed by atoms with E-state index in [-0.39, 0.29) is 36.9 Å². The smallest absolute Gasteiger partial charge is 0.264 e. The first-order valence-corrected chi connectivity index (χ1v) is 9.66. The Hall–Kier alpha value is -0.440. The molecule has 19 heavy (non-hydrogen) atoms. The third kappa shape index (κ3) is 4.01. The molecule has 0 heterocycles. The average molecular weight is 310 g/mol. The standard InChI is InChI=1S/C11H18O6S2/c1-18(12,13)16-6-10-8-3-4-9(5-8)11(10)7-17-19(2,14)15/h3-4,8-11H,5-7H2,1-2H3/t8-,9+,10-,11+. The van der Waals surface area contributed by atoms with Crippen LogP contribution in [0, 0.1) is 23.7 Å². The summed E-state index contributed by atoms with van der Waals surface area (Å²) in [6.07, 6.45) is 7.04. The van der Waals surface area contributed by atoms with Crippen LogP contribution >= 0.6 is 0 Å². The van der Waals surface area contributed by atoms with Gasteiger partial charge in [-0.15, -0.1) is 0 Å². The Morgan fingerprint density at radius 3 is 1.58 bits per heavy atom. The molecule has 2 aliphatic carbocycles. The molecule has 0 aromatic carbocycles. The van der Waals surface area contributed by atoms with Crippen LogP contribution < -0.4 is 0 Å². The Labute approximate surface area is 114 Å². The van der Waals surface area contributed by atoms with Crippen molar-refractivity contribution in [3.05, 3.63) is 12.2 Å². The second-order valence-corrected chi connectivity index (χ2v) is 8.54. The number of hydrogen-bond acceptors (Lipinski definition) is 6. The van der Waals surface area contributed by atoms with Gasteiger partial charge in [0.25, 0.3) is 20.2 Å². The Morgan fingerprint density at radius 1 is 0.895 bits per heavy atom. The minimum absolute atomic E-state index is 0.00789. The number of hydrogen-bond donors (Lipinski definition) is 0. The molecule has 0 radical (unpaired) electrons. The number of allylic oxidation sites excluding steroid dienone is 2. The van der Waals surface area contributed by atoms with Crippen molar-refractivity contribution in [2.75, 3.05) is 25.7 Å². The van der Waals surface area contributed by atoms with Gasteiger partial charge in [0.05, 0.1) is 25.7 Å². The first-order chi connectivity index (χ1) is 8.66. The molecule has 2 rings (SSSR count). The molecule has 0 N–H and O–H groups in total. The molecule has 2 aliphatic rings. The monoisotopic (exact) mass is 310 g/mol. The van der Waals surface area contributed by atoms with Crippen LogP contribution in [0.4, 0.5) is 0 Å². The fraction of sp³-hybridized carbons (Fsp3) is 0.818. The Balaban J connectivity index is 2.01. The van der Waals surface area contributed by atoms with Gasteiger partial charge in [-0.2, -0.15) is 16.8 Å². The van der Waals surface area contributed by atoms with Crippen LogP contribution in [0.1, 0.15) is 6.42 Å². The minimum atomic E-state index is -3.48. The molecule has 0 spiro atoms. The van der Waals surface area contributed by atoms with E-state index in [0.717, 1.165) is 18.9 Å². The molecule has 0 aromatic rings. The molecule has 0 unspecified atom stereocenters. The lowest BCUT2D eigenvalue weighted by molar-refractivity contribution is 0.140. The maximum atomic E-state index is 11.1. The highest BCUT2D eigenvalue weighted by molar-refractivity contribution is 7.86. The van der Waals surface area contributed by atoms with Crippen LogP contribution in [0.5, 0.6) is 0 Å². The molecule has 0 saturated heterocycles. The third-order valence-electron chi connectivity index (χ3n) is 3.75. The topological polar surface area (TPSA) is 86.7 Å². The van der Waals surface area contributed by atoms with Crippen LogP contribution in [-0.2, 0) is 28.6 Å². The molecule has 6 nitrogen and oxygen atoms in total. The summed E-state index contributed by atoms with van der Waals surface area (Å²) in [4.78, 5) is 0. The summed E-state index contributed by atoms with van der Waals surface area (Å²) in [5.74, 6) is 0.484. The van der Waals surface area contributed by atoms with Gasteiger partial charge in [-0.3, -0.25) is 8.37 Å². The van der Waals surface area contributed by atoms with E-state index in [1.807, 2.05) is 0 Å². The van der Waals surface area contributed by atoms with Gasteiger partial charge in [0, 0.05) is 0 Å². The molecule has 4 atom stereocenters. The van der Waals surface area contributed by atoms with Crippen LogP contribution in [-0.4, -0.2) is 42.6 Å². The second kappa shape index (κ2) is 5.16. The van der Waals surface area contributed by atoms with Crippen molar-refractivity contribution >= 4 is 20.2 Å². The summed E-state index contributed by atoms with van der Waals surface area (Å²) in [5.41, 5.74) is 0. The van der Waals surface area contributed by atoms with Gasteiger partial charge < -0.3 is 0 Å². The van der Waals surface area contributed by atoms with Crippen molar-refractivity contribution in [3.63, 3.8) is 0 Å². The number of rotatable bonds is 6. The second-order valence-electron chi connectivity index (χ2n) is 5.25. The van der Waals surface area contributed by atoms with Crippen LogP contribution in [0.3, 0.4) is 0 Å². The van der Waals surface area contributed by atoms with Crippen molar-refractivity contribution < 1.29 is 25.2 Å². The zero-order valence-electron chi connectivity index (χ0n) is 10.9. The Morgan fingerprint density at radius 2 is 1.26 bits per heavy atom. The first-order valence-electron chi connectivity index (χ1n) is 6.03. The van der Waals surface area contributed by atoms with E-state index < -0.39 is 20.2 Å². The molecule has 110 valence electrons. The number of fused-ring (bicyclic) bond motifs is 2. The summed E-state index contributed by atoms with van der Waals surface area (Å²) in [5, 5.41) is 0. The largest absolute Gasteiger partial charge is 0.270 e. The van der Waals surface area contributed by atoms with E-state index in [0.29, 0.717) is 0 Å². The molecular weight excluding hydrogens is 292 g/mol. The molecule has 0 amide bonds. The summed E-state index contributed by atoms with van der Waals surface area (Å²) >= 11 is 0. The predicted octanol–water partition coefficient (Wildman–Crippen LogP) is 0.377. The van der Waals surface area contributed by atoms with E-state index in [2.05, 4.69) is 12.2 Å². The van der Waals surface area contributed by atoms with Gasteiger partial charge in [-0.25, -0.2) is 0 Å². The van der Waals surface area contributed by atoms with E-state index >= 15 is 0 Å². The molecule has 8 heteroatoms. The molecule has 2 bridgehead atoms. The lowest BCUT2D eigenvalue weighted by Gasteiger charge is -2.26. The van der Waals surface area contributed by atoms with Crippen molar-refractivity contribution in [1.29, 1.82) is 0 Å². The lowest BCUT2D eigenvalue weighted by Crippen LogP contribution is -2.29. The third-order valence-corrected chi connectivity index (χ3v) is 4.88. The summed E-state index contributed by atoms with van der Waals surface area (Å²) in [7, 11) is -6.96. The van der Waals surface area contributed by atoms with E-state index in [1.54, 1.807) is 0 Å². The maximum absolute atomic E-state index is 11.1. The van der Waals surface area contributed by atoms with Crippen molar-refractivity contribution in [3.8, 4) is 0 Å².